The highest BCUT2D eigenvalue weighted by Gasteiger charge is 2.11. The molecule has 0 saturated carbocycles. The highest BCUT2D eigenvalue weighted by Crippen LogP contribution is 2.24. The van der Waals surface area contributed by atoms with Crippen LogP contribution in [-0.4, -0.2) is 26.3 Å². The number of carbonyl (C=O) groups excluding carboxylic acids is 2. The number of benzene rings is 2. The summed E-state index contributed by atoms with van der Waals surface area (Å²) in [5, 5.41) is 4.67. The van der Waals surface area contributed by atoms with Crippen molar-refractivity contribution in [2.75, 3.05) is 0 Å². The van der Waals surface area contributed by atoms with Gasteiger partial charge in [0.05, 0.1) is 17.6 Å². The second-order valence-electron chi connectivity index (χ2n) is 6.21. The zero-order valence-electron chi connectivity index (χ0n) is 14.6. The van der Waals surface area contributed by atoms with Crippen molar-refractivity contribution in [2.45, 2.75) is 6.92 Å². The SMILES string of the molecule is CC(=O)c1cccc(-c2cnc3ccc(-c4cccc(C(N)=O)c4)nn23)c1. The Kier molecular flexibility index (Phi) is 4.01. The molecule has 0 atom stereocenters. The Morgan fingerprint density at radius 3 is 2.37 bits per heavy atom. The second kappa shape index (κ2) is 6.49. The average Bonchev–Trinajstić information content (AvgIpc) is 3.11. The first-order chi connectivity index (χ1) is 13.0. The molecule has 0 fully saturated rings. The lowest BCUT2D eigenvalue weighted by Gasteiger charge is -2.06. The van der Waals surface area contributed by atoms with E-state index < -0.39 is 5.91 Å². The molecule has 4 rings (SSSR count). The van der Waals surface area contributed by atoms with Crippen LogP contribution < -0.4 is 5.73 Å². The maximum Gasteiger partial charge on any atom is 0.248 e. The average molecular weight is 356 g/mol. The van der Waals surface area contributed by atoms with Gasteiger partial charge >= 0.3 is 0 Å². The van der Waals surface area contributed by atoms with Crippen LogP contribution >= 0.6 is 0 Å². The summed E-state index contributed by atoms with van der Waals surface area (Å²) in [6.07, 6.45) is 1.73. The summed E-state index contributed by atoms with van der Waals surface area (Å²) in [5.41, 5.74) is 10.2. The van der Waals surface area contributed by atoms with Crippen LogP contribution in [0.2, 0.25) is 0 Å². The Balaban J connectivity index is 1.85. The van der Waals surface area contributed by atoms with Gasteiger partial charge in [0.2, 0.25) is 5.91 Å². The molecule has 6 heteroatoms. The predicted octanol–water partition coefficient (Wildman–Crippen LogP) is 3.36. The van der Waals surface area contributed by atoms with Crippen LogP contribution in [0.25, 0.3) is 28.2 Å². The summed E-state index contributed by atoms with van der Waals surface area (Å²) in [4.78, 5) is 27.5. The van der Waals surface area contributed by atoms with Crippen molar-refractivity contribution in [3.63, 3.8) is 0 Å². The smallest absolute Gasteiger partial charge is 0.248 e. The second-order valence-corrected chi connectivity index (χ2v) is 6.21. The molecule has 4 aromatic rings. The van der Waals surface area contributed by atoms with E-state index in [0.29, 0.717) is 22.5 Å². The molecule has 0 aliphatic carbocycles. The molecule has 2 heterocycles. The topological polar surface area (TPSA) is 90.4 Å². The van der Waals surface area contributed by atoms with Crippen LogP contribution in [0.5, 0.6) is 0 Å². The monoisotopic (exact) mass is 356 g/mol. The molecule has 2 aromatic carbocycles. The molecule has 0 spiro atoms. The highest BCUT2D eigenvalue weighted by molar-refractivity contribution is 5.95. The summed E-state index contributed by atoms with van der Waals surface area (Å²) >= 11 is 0. The maximum atomic E-state index is 11.7. The van der Waals surface area contributed by atoms with Crippen molar-refractivity contribution < 1.29 is 9.59 Å². The first-order valence-electron chi connectivity index (χ1n) is 8.39. The first-order valence-corrected chi connectivity index (χ1v) is 8.39. The number of nitrogens with two attached hydrogens (primary N) is 1. The number of hydrogen-bond acceptors (Lipinski definition) is 4. The molecule has 2 aromatic heterocycles. The van der Waals surface area contributed by atoms with Crippen LogP contribution in [0.4, 0.5) is 0 Å². The molecule has 6 nitrogen and oxygen atoms in total. The highest BCUT2D eigenvalue weighted by atomic mass is 16.1. The quantitative estimate of drug-likeness (QED) is 0.568. The van der Waals surface area contributed by atoms with Crippen molar-refractivity contribution >= 4 is 17.3 Å². The fourth-order valence-electron chi connectivity index (χ4n) is 2.95. The van der Waals surface area contributed by atoms with Crippen LogP contribution in [-0.2, 0) is 0 Å². The number of hydrogen-bond donors (Lipinski definition) is 1. The van der Waals surface area contributed by atoms with Gasteiger partial charge in [0.25, 0.3) is 0 Å². The van der Waals surface area contributed by atoms with E-state index in [2.05, 4.69) is 10.1 Å². The van der Waals surface area contributed by atoms with E-state index in [1.807, 2.05) is 36.4 Å². The Labute approximate surface area is 155 Å². The number of fused-ring (bicyclic) bond motifs is 1. The van der Waals surface area contributed by atoms with Crippen LogP contribution in [0.1, 0.15) is 27.6 Å². The number of Topliss-reactive ketones (excluding diaryl/α,β-unsaturated/α-hetero) is 1. The Hall–Kier alpha value is -3.80. The molecule has 27 heavy (non-hydrogen) atoms. The van der Waals surface area contributed by atoms with Gasteiger partial charge in [0.15, 0.2) is 11.4 Å². The van der Waals surface area contributed by atoms with E-state index in [4.69, 9.17) is 5.73 Å². The van der Waals surface area contributed by atoms with Crippen molar-refractivity contribution in [3.05, 3.63) is 78.0 Å². The summed E-state index contributed by atoms with van der Waals surface area (Å²) in [5.74, 6) is -0.482. The number of rotatable bonds is 4. The van der Waals surface area contributed by atoms with Crippen LogP contribution in [0.15, 0.2) is 66.9 Å². The number of primary amides is 1. The molecular weight excluding hydrogens is 340 g/mol. The first kappa shape index (κ1) is 16.7. The molecule has 132 valence electrons. The predicted molar refractivity (Wildman–Crippen MR) is 102 cm³/mol. The number of nitrogens with zero attached hydrogens (tertiary/aromatic N) is 3. The van der Waals surface area contributed by atoms with Crippen LogP contribution in [0.3, 0.4) is 0 Å². The molecule has 0 aliphatic rings. The standard InChI is InChI=1S/C21H16N4O2/c1-13(26)14-4-2-6-16(10-14)19-12-23-20-9-8-18(24-25(19)20)15-5-3-7-17(11-15)21(22)27/h2-12H,1H3,(H2,22,27). The summed E-state index contributed by atoms with van der Waals surface area (Å²) in [6, 6.07) is 18.1. The minimum absolute atomic E-state index is 0.00239. The van der Waals surface area contributed by atoms with E-state index in [-0.39, 0.29) is 5.78 Å². The third-order valence-electron chi connectivity index (χ3n) is 4.37. The van der Waals surface area contributed by atoms with Crippen molar-refractivity contribution in [3.8, 4) is 22.5 Å². The van der Waals surface area contributed by atoms with E-state index in [0.717, 1.165) is 16.8 Å². The van der Waals surface area contributed by atoms with Gasteiger partial charge in [-0.2, -0.15) is 5.10 Å². The number of imidazole rings is 1. The van der Waals surface area contributed by atoms with Gasteiger partial charge in [-0.1, -0.05) is 30.3 Å². The molecule has 0 unspecified atom stereocenters. The number of amides is 1. The van der Waals surface area contributed by atoms with E-state index in [1.54, 1.807) is 35.0 Å². The number of aromatic nitrogens is 3. The number of ketones is 1. The molecule has 0 radical (unpaired) electrons. The minimum Gasteiger partial charge on any atom is -0.366 e. The lowest BCUT2D eigenvalue weighted by Crippen LogP contribution is -2.10. The van der Waals surface area contributed by atoms with E-state index in [1.165, 1.54) is 6.92 Å². The van der Waals surface area contributed by atoms with Gasteiger partial charge in [-0.25, -0.2) is 9.50 Å². The van der Waals surface area contributed by atoms with Crippen LogP contribution in [0, 0.1) is 0 Å². The van der Waals surface area contributed by atoms with Gasteiger partial charge in [-0.15, -0.1) is 0 Å². The molecule has 0 bridgehead atoms. The maximum absolute atomic E-state index is 11.7. The van der Waals surface area contributed by atoms with Gasteiger partial charge in [-0.3, -0.25) is 9.59 Å². The lowest BCUT2D eigenvalue weighted by atomic mass is 10.1. The summed E-state index contributed by atoms with van der Waals surface area (Å²) in [7, 11) is 0. The van der Waals surface area contributed by atoms with Gasteiger partial charge in [0.1, 0.15) is 0 Å². The van der Waals surface area contributed by atoms with Gasteiger partial charge in [0, 0.05) is 22.3 Å². The zero-order chi connectivity index (χ0) is 19.0. The lowest BCUT2D eigenvalue weighted by molar-refractivity contribution is 0.0996. The third-order valence-corrected chi connectivity index (χ3v) is 4.37. The van der Waals surface area contributed by atoms with Gasteiger partial charge in [-0.05, 0) is 37.3 Å². The van der Waals surface area contributed by atoms with E-state index in [9.17, 15) is 9.59 Å². The molecule has 2 N–H and O–H groups in total. The number of carbonyl (C=O) groups is 2. The summed E-state index contributed by atoms with van der Waals surface area (Å²) in [6.45, 7) is 1.54. The van der Waals surface area contributed by atoms with Gasteiger partial charge < -0.3 is 5.73 Å². The largest absolute Gasteiger partial charge is 0.366 e. The Morgan fingerprint density at radius 2 is 1.63 bits per heavy atom. The van der Waals surface area contributed by atoms with Crippen molar-refractivity contribution in [1.29, 1.82) is 0 Å². The summed E-state index contributed by atoms with van der Waals surface area (Å²) < 4.78 is 1.73. The third kappa shape index (κ3) is 3.08. The van der Waals surface area contributed by atoms with Crippen molar-refractivity contribution in [2.24, 2.45) is 5.73 Å². The minimum atomic E-state index is -0.484. The zero-order valence-corrected chi connectivity index (χ0v) is 14.6. The van der Waals surface area contributed by atoms with Crippen molar-refractivity contribution in [1.82, 2.24) is 14.6 Å². The molecule has 0 aliphatic heterocycles. The Bertz CT molecular complexity index is 1190. The molecule has 1 amide bonds. The molecule has 0 saturated heterocycles. The fraction of sp³-hybridized carbons (Fsp3) is 0.0476. The fourth-order valence-corrected chi connectivity index (χ4v) is 2.95. The Morgan fingerprint density at radius 1 is 0.926 bits per heavy atom. The van der Waals surface area contributed by atoms with E-state index >= 15 is 0 Å². The normalized spacial score (nSPS) is 10.9. The molecular formula is C21H16N4O2.